The van der Waals surface area contributed by atoms with Crippen molar-refractivity contribution >= 4 is 10.0 Å². The van der Waals surface area contributed by atoms with Crippen molar-refractivity contribution in [1.82, 2.24) is 24.3 Å². The van der Waals surface area contributed by atoms with Crippen LogP contribution in [-0.4, -0.2) is 39.9 Å². The van der Waals surface area contributed by atoms with Crippen LogP contribution in [-0.2, 0) is 35.7 Å². The van der Waals surface area contributed by atoms with E-state index in [1.165, 1.54) is 19.1 Å². The third-order valence-electron chi connectivity index (χ3n) is 5.00. The summed E-state index contributed by atoms with van der Waals surface area (Å²) in [5, 5.41) is 6.44. The van der Waals surface area contributed by atoms with Gasteiger partial charge in [0.15, 0.2) is 11.5 Å². The molecule has 3 rings (SSSR count). The van der Waals surface area contributed by atoms with Gasteiger partial charge >= 0.3 is 18.3 Å². The maximum atomic E-state index is 14.1. The van der Waals surface area contributed by atoms with Crippen molar-refractivity contribution in [3.8, 4) is 16.9 Å². The molecule has 3 aromatic rings. The van der Waals surface area contributed by atoms with Gasteiger partial charge in [-0.2, -0.15) is 45.3 Å². The molecule has 0 saturated carbocycles. The van der Waals surface area contributed by atoms with Crippen molar-refractivity contribution < 1.29 is 47.9 Å². The highest BCUT2D eigenvalue weighted by atomic mass is 32.2. The number of alkyl halides is 8. The third kappa shape index (κ3) is 5.21. The number of hydrogen-bond acceptors (Lipinski definition) is 4. The molecule has 0 atom stereocenters. The lowest BCUT2D eigenvalue weighted by Gasteiger charge is -2.19. The maximum absolute atomic E-state index is 14.1. The first-order valence-electron chi connectivity index (χ1n) is 9.79. The van der Waals surface area contributed by atoms with Crippen LogP contribution in [0.15, 0.2) is 30.6 Å². The van der Waals surface area contributed by atoms with Crippen LogP contribution in [0.1, 0.15) is 23.7 Å². The fourth-order valence-corrected chi connectivity index (χ4v) is 3.74. The Balaban J connectivity index is 2.09. The van der Waals surface area contributed by atoms with Gasteiger partial charge < -0.3 is 0 Å². The van der Waals surface area contributed by atoms with Crippen LogP contribution >= 0.6 is 0 Å². The zero-order valence-corrected chi connectivity index (χ0v) is 19.0. The zero-order chi connectivity index (χ0) is 27.3. The van der Waals surface area contributed by atoms with Crippen molar-refractivity contribution in [2.45, 2.75) is 31.7 Å². The Morgan fingerprint density at radius 3 is 2.22 bits per heavy atom. The largest absolute Gasteiger partial charge is 0.459 e. The zero-order valence-electron chi connectivity index (χ0n) is 18.2. The van der Waals surface area contributed by atoms with Crippen LogP contribution in [0.5, 0.6) is 0 Å². The molecule has 1 N–H and O–H groups in total. The maximum Gasteiger partial charge on any atom is 0.459 e. The van der Waals surface area contributed by atoms with Crippen LogP contribution in [0.2, 0.25) is 0 Å². The Labute approximate surface area is 197 Å². The van der Waals surface area contributed by atoms with Crippen LogP contribution in [0, 0.1) is 5.82 Å². The molecule has 0 spiro atoms. The molecule has 2 aromatic heterocycles. The highest BCUT2D eigenvalue weighted by molar-refractivity contribution is 7.89. The van der Waals surface area contributed by atoms with E-state index in [0.717, 1.165) is 25.5 Å². The number of aryl methyl sites for hydroxylation is 1. The number of nitrogens with one attached hydrogen (secondary N) is 1. The molecule has 0 saturated heterocycles. The van der Waals surface area contributed by atoms with Crippen molar-refractivity contribution in [1.29, 1.82) is 0 Å². The molecule has 0 unspecified atom stereocenters. The number of aromatic nitrogens is 4. The minimum absolute atomic E-state index is 0.0213. The second-order valence-corrected chi connectivity index (χ2v) is 9.54. The fourth-order valence-electron chi connectivity index (χ4n) is 3.16. The quantitative estimate of drug-likeness (QED) is 0.440. The van der Waals surface area contributed by atoms with E-state index in [9.17, 15) is 47.9 Å². The molecule has 0 aliphatic carbocycles. The summed E-state index contributed by atoms with van der Waals surface area (Å²) in [6, 6.07) is 3.31. The Morgan fingerprint density at radius 2 is 1.67 bits per heavy atom. The van der Waals surface area contributed by atoms with Gasteiger partial charge in [0.05, 0.1) is 11.9 Å². The lowest BCUT2D eigenvalue weighted by atomic mass is 10.1. The van der Waals surface area contributed by atoms with E-state index in [-0.39, 0.29) is 27.1 Å². The summed E-state index contributed by atoms with van der Waals surface area (Å²) in [4.78, 5) is 0. The number of sulfonamides is 1. The molecular formula is C19H16F9N5O2S. The van der Waals surface area contributed by atoms with Gasteiger partial charge in [0.2, 0.25) is 10.0 Å². The second kappa shape index (κ2) is 9.10. The average Bonchev–Trinajstić information content (AvgIpc) is 3.37. The summed E-state index contributed by atoms with van der Waals surface area (Å²) in [6.07, 6.45) is -10.2. The highest BCUT2D eigenvalue weighted by Crippen LogP contribution is 2.49. The van der Waals surface area contributed by atoms with Gasteiger partial charge in [0.25, 0.3) is 0 Å². The van der Waals surface area contributed by atoms with Gasteiger partial charge in [0, 0.05) is 30.9 Å². The van der Waals surface area contributed by atoms with Gasteiger partial charge in [-0.25, -0.2) is 26.9 Å². The normalized spacial score (nSPS) is 13.4. The van der Waals surface area contributed by atoms with Gasteiger partial charge in [-0.15, -0.1) is 0 Å². The Hall–Kier alpha value is -3.08. The standard InChI is InChI=1S/C19H16F9N5O2S/c1-3-36(34,35)30-8-11-6-10(4-5-13(11)20)12-7-29-33(9-12)16-14(18(23,24)25)15(31-32(16)2)17(21,22)19(26,27)28/h4-7,9,30H,3,8H2,1-2H3. The van der Waals surface area contributed by atoms with Gasteiger partial charge in [0.1, 0.15) is 11.4 Å². The molecule has 36 heavy (non-hydrogen) atoms. The molecule has 7 nitrogen and oxygen atoms in total. The third-order valence-corrected chi connectivity index (χ3v) is 6.34. The van der Waals surface area contributed by atoms with Crippen molar-refractivity contribution in [2.75, 3.05) is 5.75 Å². The molecule has 0 aliphatic rings. The monoisotopic (exact) mass is 549 g/mol. The number of halogens is 9. The first-order valence-corrected chi connectivity index (χ1v) is 11.4. The molecule has 0 radical (unpaired) electrons. The summed E-state index contributed by atoms with van der Waals surface area (Å²) >= 11 is 0. The van der Waals surface area contributed by atoms with E-state index >= 15 is 0 Å². The number of hydrogen-bond donors (Lipinski definition) is 1. The predicted octanol–water partition coefficient (Wildman–Crippen LogP) is 4.52. The SMILES string of the molecule is CCS(=O)(=O)NCc1cc(-c2cnn(-c3c(C(F)(F)F)c(C(F)(F)C(F)(F)F)nn3C)c2)ccc1F. The predicted molar refractivity (Wildman–Crippen MR) is 107 cm³/mol. The van der Waals surface area contributed by atoms with E-state index in [4.69, 9.17) is 0 Å². The van der Waals surface area contributed by atoms with Crippen LogP contribution in [0.25, 0.3) is 16.9 Å². The fraction of sp³-hybridized carbons (Fsp3) is 0.368. The van der Waals surface area contributed by atoms with Gasteiger partial charge in [-0.3, -0.25) is 0 Å². The molecule has 17 heteroatoms. The number of nitrogens with zero attached hydrogens (tertiary/aromatic N) is 4. The van der Waals surface area contributed by atoms with Crippen molar-refractivity contribution in [3.05, 3.63) is 53.2 Å². The van der Waals surface area contributed by atoms with E-state index in [2.05, 4.69) is 14.9 Å². The van der Waals surface area contributed by atoms with E-state index in [0.29, 0.717) is 4.68 Å². The smallest absolute Gasteiger partial charge is 0.250 e. The van der Waals surface area contributed by atoms with E-state index < -0.39 is 57.7 Å². The van der Waals surface area contributed by atoms with Crippen LogP contribution in [0.4, 0.5) is 39.5 Å². The Kier molecular flexibility index (Phi) is 6.95. The molecule has 0 amide bonds. The summed E-state index contributed by atoms with van der Waals surface area (Å²) < 4.78 is 147. The summed E-state index contributed by atoms with van der Waals surface area (Å²) in [6.45, 7) is 0.910. The average molecular weight is 549 g/mol. The first kappa shape index (κ1) is 27.5. The molecule has 0 fully saturated rings. The summed E-state index contributed by atoms with van der Waals surface area (Å²) in [5.74, 6) is -8.20. The van der Waals surface area contributed by atoms with Crippen LogP contribution in [0.3, 0.4) is 0 Å². The lowest BCUT2D eigenvalue weighted by molar-refractivity contribution is -0.292. The minimum Gasteiger partial charge on any atom is -0.250 e. The molecule has 0 bridgehead atoms. The summed E-state index contributed by atoms with van der Waals surface area (Å²) in [7, 11) is -2.94. The summed E-state index contributed by atoms with van der Waals surface area (Å²) in [5.41, 5.74) is -4.83. The molecule has 0 aliphatic heterocycles. The van der Waals surface area contributed by atoms with Crippen LogP contribution < -0.4 is 4.72 Å². The van der Waals surface area contributed by atoms with E-state index in [1.807, 2.05) is 0 Å². The van der Waals surface area contributed by atoms with Crippen molar-refractivity contribution in [2.24, 2.45) is 7.05 Å². The minimum atomic E-state index is -6.35. The molecular weight excluding hydrogens is 533 g/mol. The number of benzene rings is 1. The highest BCUT2D eigenvalue weighted by Gasteiger charge is 2.64. The van der Waals surface area contributed by atoms with Crippen molar-refractivity contribution in [3.63, 3.8) is 0 Å². The topological polar surface area (TPSA) is 81.8 Å². The molecule has 1 aromatic carbocycles. The lowest BCUT2D eigenvalue weighted by Crippen LogP contribution is -2.36. The van der Waals surface area contributed by atoms with Gasteiger partial charge in [-0.1, -0.05) is 6.07 Å². The molecule has 198 valence electrons. The van der Waals surface area contributed by atoms with E-state index in [1.54, 1.807) is 0 Å². The number of rotatable bonds is 7. The van der Waals surface area contributed by atoms with Gasteiger partial charge in [-0.05, 0) is 24.6 Å². The Morgan fingerprint density at radius 1 is 1.03 bits per heavy atom. The Bertz CT molecular complexity index is 1370. The first-order chi connectivity index (χ1) is 16.4. The molecule has 2 heterocycles. The second-order valence-electron chi connectivity index (χ2n) is 7.45.